The van der Waals surface area contributed by atoms with Gasteiger partial charge in [0.2, 0.25) is 0 Å². The van der Waals surface area contributed by atoms with Crippen LogP contribution in [-0.4, -0.2) is 21.0 Å². The van der Waals surface area contributed by atoms with Gasteiger partial charge in [0.15, 0.2) is 0 Å². The molecule has 5 heteroatoms. The van der Waals surface area contributed by atoms with Gasteiger partial charge in [0.1, 0.15) is 10.3 Å². The van der Waals surface area contributed by atoms with E-state index in [1.54, 1.807) is 30.5 Å². The lowest BCUT2D eigenvalue weighted by atomic mass is 10.1. The van der Waals surface area contributed by atoms with Crippen molar-refractivity contribution in [2.45, 2.75) is 0 Å². The zero-order valence-electron chi connectivity index (χ0n) is 8.09. The minimum atomic E-state index is -1.01. The van der Waals surface area contributed by atoms with Crippen LogP contribution in [0.1, 0.15) is 10.4 Å². The minimum absolute atomic E-state index is 0.141. The van der Waals surface area contributed by atoms with E-state index in [0.717, 1.165) is 0 Å². The fraction of sp³-hybridized carbons (Fsp3) is 0. The first kappa shape index (κ1) is 10.8. The number of aromatic nitrogens is 2. The van der Waals surface area contributed by atoms with Crippen LogP contribution in [0.4, 0.5) is 0 Å². The summed E-state index contributed by atoms with van der Waals surface area (Å²) in [4.78, 5) is 19.2. The molecule has 0 saturated carbocycles. The maximum atomic E-state index is 11.0. The fourth-order valence-electron chi connectivity index (χ4n) is 1.31. The van der Waals surface area contributed by atoms with E-state index in [4.69, 9.17) is 5.11 Å². The molecule has 4 nitrogen and oxygen atoms in total. The normalized spacial score (nSPS) is 10.1. The van der Waals surface area contributed by atoms with Crippen molar-refractivity contribution < 1.29 is 9.90 Å². The maximum Gasteiger partial charge on any atom is 0.337 e. The molecule has 0 aromatic carbocycles. The Morgan fingerprint density at radius 1 is 1.25 bits per heavy atom. The first-order valence-electron chi connectivity index (χ1n) is 4.50. The Bertz CT molecular complexity index is 529. The van der Waals surface area contributed by atoms with Gasteiger partial charge in [-0.3, -0.25) is 4.98 Å². The summed E-state index contributed by atoms with van der Waals surface area (Å²) in [7, 11) is 0. The van der Waals surface area contributed by atoms with Gasteiger partial charge >= 0.3 is 5.97 Å². The number of rotatable bonds is 2. The molecular formula is C11H7BrN2O2. The molecule has 0 radical (unpaired) electrons. The molecule has 0 spiro atoms. The lowest BCUT2D eigenvalue weighted by molar-refractivity contribution is 0.0697. The number of nitrogens with zero attached hydrogens (tertiary/aromatic N) is 2. The van der Waals surface area contributed by atoms with Crippen LogP contribution in [0.25, 0.3) is 11.4 Å². The van der Waals surface area contributed by atoms with Crippen molar-refractivity contribution >= 4 is 21.9 Å². The SMILES string of the molecule is O=C(O)c1ccc(Br)nc1-c1ccccn1. The number of aromatic carboxylic acids is 1. The van der Waals surface area contributed by atoms with E-state index in [0.29, 0.717) is 16.0 Å². The molecule has 2 aromatic rings. The molecule has 0 atom stereocenters. The zero-order chi connectivity index (χ0) is 11.5. The monoisotopic (exact) mass is 278 g/mol. The minimum Gasteiger partial charge on any atom is -0.478 e. The van der Waals surface area contributed by atoms with E-state index < -0.39 is 5.97 Å². The highest BCUT2D eigenvalue weighted by Gasteiger charge is 2.14. The standard InChI is InChI=1S/C11H7BrN2O2/c12-9-5-4-7(11(15)16)10(14-9)8-3-1-2-6-13-8/h1-6H,(H,15,16). The number of halogens is 1. The summed E-state index contributed by atoms with van der Waals surface area (Å²) in [6.07, 6.45) is 1.60. The highest BCUT2D eigenvalue weighted by molar-refractivity contribution is 9.10. The second-order valence-electron chi connectivity index (χ2n) is 3.05. The van der Waals surface area contributed by atoms with Gasteiger partial charge in [-0.1, -0.05) is 6.07 Å². The molecule has 0 unspecified atom stereocenters. The molecule has 0 fully saturated rings. The molecule has 1 N–H and O–H groups in total. The maximum absolute atomic E-state index is 11.0. The van der Waals surface area contributed by atoms with Crippen molar-refractivity contribution in [3.63, 3.8) is 0 Å². The van der Waals surface area contributed by atoms with Crippen LogP contribution in [-0.2, 0) is 0 Å². The van der Waals surface area contributed by atoms with Gasteiger partial charge in [-0.2, -0.15) is 0 Å². The third-order valence-corrected chi connectivity index (χ3v) is 2.44. The molecule has 0 aliphatic carbocycles. The lowest BCUT2D eigenvalue weighted by Crippen LogP contribution is -2.02. The third-order valence-electron chi connectivity index (χ3n) is 2.00. The topological polar surface area (TPSA) is 63.1 Å². The largest absolute Gasteiger partial charge is 0.478 e. The van der Waals surface area contributed by atoms with Crippen molar-refractivity contribution in [3.05, 3.63) is 46.7 Å². The second kappa shape index (κ2) is 4.40. The molecule has 80 valence electrons. The summed E-state index contributed by atoms with van der Waals surface area (Å²) in [6.45, 7) is 0. The smallest absolute Gasteiger partial charge is 0.337 e. The van der Waals surface area contributed by atoms with Crippen LogP contribution in [0.2, 0.25) is 0 Å². The van der Waals surface area contributed by atoms with E-state index in [1.807, 2.05) is 0 Å². The summed E-state index contributed by atoms with van der Waals surface area (Å²) in [5.74, 6) is -1.01. The van der Waals surface area contributed by atoms with Crippen molar-refractivity contribution in [1.82, 2.24) is 9.97 Å². The van der Waals surface area contributed by atoms with Gasteiger partial charge in [0.05, 0.1) is 11.3 Å². The fourth-order valence-corrected chi connectivity index (χ4v) is 1.62. The highest BCUT2D eigenvalue weighted by Crippen LogP contribution is 2.21. The number of pyridine rings is 2. The van der Waals surface area contributed by atoms with Crippen molar-refractivity contribution in [3.8, 4) is 11.4 Å². The number of hydrogen-bond acceptors (Lipinski definition) is 3. The molecule has 2 aromatic heterocycles. The molecule has 2 heterocycles. The van der Waals surface area contributed by atoms with Gasteiger partial charge < -0.3 is 5.11 Å². The first-order valence-corrected chi connectivity index (χ1v) is 5.29. The van der Waals surface area contributed by atoms with Gasteiger partial charge in [-0.15, -0.1) is 0 Å². The van der Waals surface area contributed by atoms with Crippen molar-refractivity contribution in [1.29, 1.82) is 0 Å². The van der Waals surface area contributed by atoms with E-state index in [1.165, 1.54) is 6.07 Å². The highest BCUT2D eigenvalue weighted by atomic mass is 79.9. The number of hydrogen-bond donors (Lipinski definition) is 1. The summed E-state index contributed by atoms with van der Waals surface area (Å²) in [5, 5.41) is 9.03. The molecule has 0 amide bonds. The average molecular weight is 279 g/mol. The molecule has 0 aliphatic heterocycles. The quantitative estimate of drug-likeness (QED) is 0.858. The Morgan fingerprint density at radius 3 is 2.69 bits per heavy atom. The predicted molar refractivity (Wildman–Crippen MR) is 62.1 cm³/mol. The number of carboxylic acids is 1. The van der Waals surface area contributed by atoms with E-state index in [-0.39, 0.29) is 5.56 Å². The molecule has 0 aliphatic rings. The molecule has 0 bridgehead atoms. The number of carbonyl (C=O) groups is 1. The Hall–Kier alpha value is -1.75. The predicted octanol–water partition coefficient (Wildman–Crippen LogP) is 2.60. The van der Waals surface area contributed by atoms with Gasteiger partial charge in [-0.05, 0) is 40.2 Å². The second-order valence-corrected chi connectivity index (χ2v) is 3.86. The Balaban J connectivity index is 2.63. The molecular weight excluding hydrogens is 272 g/mol. The lowest BCUT2D eigenvalue weighted by Gasteiger charge is -2.04. The van der Waals surface area contributed by atoms with Crippen LogP contribution in [0.3, 0.4) is 0 Å². The third kappa shape index (κ3) is 2.09. The van der Waals surface area contributed by atoms with Crippen LogP contribution >= 0.6 is 15.9 Å². The number of carboxylic acid groups (broad SMARTS) is 1. The van der Waals surface area contributed by atoms with Crippen molar-refractivity contribution in [2.75, 3.05) is 0 Å². The molecule has 16 heavy (non-hydrogen) atoms. The summed E-state index contributed by atoms with van der Waals surface area (Å²) >= 11 is 3.21. The average Bonchev–Trinajstić information content (AvgIpc) is 2.29. The van der Waals surface area contributed by atoms with E-state index in [2.05, 4.69) is 25.9 Å². The Morgan fingerprint density at radius 2 is 2.06 bits per heavy atom. The summed E-state index contributed by atoms with van der Waals surface area (Å²) in [6, 6.07) is 8.37. The molecule has 0 saturated heterocycles. The van der Waals surface area contributed by atoms with Gasteiger partial charge in [0.25, 0.3) is 0 Å². The summed E-state index contributed by atoms with van der Waals surface area (Å²) in [5.41, 5.74) is 1.05. The van der Waals surface area contributed by atoms with Gasteiger partial charge in [0, 0.05) is 6.20 Å². The Kier molecular flexibility index (Phi) is 2.96. The van der Waals surface area contributed by atoms with E-state index in [9.17, 15) is 4.79 Å². The first-order chi connectivity index (χ1) is 7.68. The van der Waals surface area contributed by atoms with Crippen molar-refractivity contribution in [2.24, 2.45) is 0 Å². The van der Waals surface area contributed by atoms with E-state index >= 15 is 0 Å². The molecule has 2 rings (SSSR count). The van der Waals surface area contributed by atoms with Crippen LogP contribution < -0.4 is 0 Å². The van der Waals surface area contributed by atoms with Gasteiger partial charge in [-0.25, -0.2) is 9.78 Å². The van der Waals surface area contributed by atoms with Crippen LogP contribution in [0.5, 0.6) is 0 Å². The summed E-state index contributed by atoms with van der Waals surface area (Å²) < 4.78 is 0.582. The van der Waals surface area contributed by atoms with Crippen LogP contribution in [0.15, 0.2) is 41.1 Å². The van der Waals surface area contributed by atoms with Crippen LogP contribution in [0, 0.1) is 0 Å². The zero-order valence-corrected chi connectivity index (χ0v) is 9.68. The Labute approximate surface area is 100 Å².